The van der Waals surface area contributed by atoms with Crippen molar-refractivity contribution >= 4 is 0 Å². The second-order valence-corrected chi connectivity index (χ2v) is 4.92. The predicted molar refractivity (Wildman–Crippen MR) is 66.1 cm³/mol. The fourth-order valence-corrected chi connectivity index (χ4v) is 2.29. The van der Waals surface area contributed by atoms with Gasteiger partial charge in [-0.1, -0.05) is 0 Å². The summed E-state index contributed by atoms with van der Waals surface area (Å²) in [5, 5.41) is 23.2. The molecule has 0 aromatic carbocycles. The van der Waals surface area contributed by atoms with Crippen molar-refractivity contribution in [2.75, 3.05) is 0 Å². The Morgan fingerprint density at radius 2 is 2.11 bits per heavy atom. The van der Waals surface area contributed by atoms with Crippen LogP contribution in [-0.2, 0) is 19.6 Å². The minimum absolute atomic E-state index is 0.172. The first kappa shape index (κ1) is 12.2. The van der Waals surface area contributed by atoms with Crippen LogP contribution in [-0.4, -0.2) is 40.0 Å². The van der Waals surface area contributed by atoms with E-state index in [4.69, 9.17) is 0 Å². The summed E-state index contributed by atoms with van der Waals surface area (Å²) >= 11 is 0. The van der Waals surface area contributed by atoms with Crippen molar-refractivity contribution in [1.29, 1.82) is 0 Å². The molecule has 3 heterocycles. The molecule has 2 aromatic rings. The van der Waals surface area contributed by atoms with E-state index in [1.54, 1.807) is 4.80 Å². The maximum Gasteiger partial charge on any atom is 0.240 e. The lowest BCUT2D eigenvalue weighted by atomic mass is 10.4. The molecule has 1 aliphatic heterocycles. The van der Waals surface area contributed by atoms with E-state index in [9.17, 15) is 5.21 Å². The number of rotatable bonds is 3. The van der Waals surface area contributed by atoms with E-state index in [-0.39, 0.29) is 6.04 Å². The second kappa shape index (κ2) is 4.39. The molecule has 0 fully saturated rings. The summed E-state index contributed by atoms with van der Waals surface area (Å²) in [6.45, 7) is 7.75. The molecule has 0 amide bonds. The molecule has 102 valence electrons. The average Bonchev–Trinajstić information content (AvgIpc) is 3.00. The Bertz CT molecular complexity index is 600. The molecule has 0 saturated carbocycles. The molecule has 0 aliphatic carbocycles. The quantitative estimate of drug-likeness (QED) is 0.883. The van der Waals surface area contributed by atoms with Crippen LogP contribution in [0.25, 0.3) is 11.6 Å². The van der Waals surface area contributed by atoms with Gasteiger partial charge >= 0.3 is 0 Å². The lowest BCUT2D eigenvalue weighted by molar-refractivity contribution is -0.0985. The SMILES string of the molecule is CCn1c(-c2nnn(C(C)C)n2)nc2c1CN(O)C2. The van der Waals surface area contributed by atoms with Gasteiger partial charge in [-0.25, -0.2) is 4.98 Å². The van der Waals surface area contributed by atoms with E-state index in [1.807, 2.05) is 25.3 Å². The van der Waals surface area contributed by atoms with E-state index >= 15 is 0 Å². The van der Waals surface area contributed by atoms with Gasteiger partial charge < -0.3 is 9.77 Å². The van der Waals surface area contributed by atoms with Crippen molar-refractivity contribution in [1.82, 2.24) is 34.8 Å². The molecule has 0 radical (unpaired) electrons. The Labute approximate surface area is 110 Å². The van der Waals surface area contributed by atoms with Crippen molar-refractivity contribution in [2.45, 2.75) is 46.4 Å². The highest BCUT2D eigenvalue weighted by atomic mass is 16.5. The van der Waals surface area contributed by atoms with E-state index in [1.165, 1.54) is 5.06 Å². The molecule has 0 spiro atoms. The highest BCUT2D eigenvalue weighted by Crippen LogP contribution is 2.26. The lowest BCUT2D eigenvalue weighted by Gasteiger charge is -2.08. The van der Waals surface area contributed by atoms with Gasteiger partial charge in [-0.15, -0.1) is 10.2 Å². The van der Waals surface area contributed by atoms with Gasteiger partial charge in [0.2, 0.25) is 5.82 Å². The summed E-state index contributed by atoms with van der Waals surface area (Å²) in [7, 11) is 0. The molecule has 8 heteroatoms. The third kappa shape index (κ3) is 1.92. The summed E-state index contributed by atoms with van der Waals surface area (Å²) in [6, 6.07) is 0.172. The van der Waals surface area contributed by atoms with Crippen LogP contribution in [0.5, 0.6) is 0 Å². The van der Waals surface area contributed by atoms with Crippen LogP contribution in [0.15, 0.2) is 0 Å². The first-order chi connectivity index (χ1) is 9.10. The van der Waals surface area contributed by atoms with E-state index in [0.29, 0.717) is 18.9 Å². The summed E-state index contributed by atoms with van der Waals surface area (Å²) in [6.07, 6.45) is 0. The van der Waals surface area contributed by atoms with E-state index < -0.39 is 0 Å². The molecule has 1 N–H and O–H groups in total. The molecule has 0 atom stereocenters. The number of tetrazole rings is 1. The van der Waals surface area contributed by atoms with Crippen molar-refractivity contribution in [2.24, 2.45) is 0 Å². The van der Waals surface area contributed by atoms with Crippen LogP contribution in [0.4, 0.5) is 0 Å². The normalized spacial score (nSPS) is 15.4. The Morgan fingerprint density at radius 1 is 1.32 bits per heavy atom. The molecule has 0 bridgehead atoms. The Kier molecular flexibility index (Phi) is 2.83. The topological polar surface area (TPSA) is 84.9 Å². The number of aromatic nitrogens is 6. The van der Waals surface area contributed by atoms with Crippen LogP contribution in [0.2, 0.25) is 0 Å². The Hall–Kier alpha value is -1.80. The smallest absolute Gasteiger partial charge is 0.240 e. The van der Waals surface area contributed by atoms with Crippen LogP contribution >= 0.6 is 0 Å². The van der Waals surface area contributed by atoms with Crippen LogP contribution < -0.4 is 0 Å². The molecule has 1 aliphatic rings. The fraction of sp³-hybridized carbons (Fsp3) is 0.636. The summed E-state index contributed by atoms with van der Waals surface area (Å²) < 4.78 is 2.03. The Morgan fingerprint density at radius 3 is 2.74 bits per heavy atom. The van der Waals surface area contributed by atoms with Crippen molar-refractivity contribution in [3.8, 4) is 11.6 Å². The number of hydrogen-bond acceptors (Lipinski definition) is 6. The monoisotopic (exact) mass is 263 g/mol. The summed E-state index contributed by atoms with van der Waals surface area (Å²) in [4.78, 5) is 6.11. The molecule has 2 aromatic heterocycles. The lowest BCUT2D eigenvalue weighted by Crippen LogP contribution is -2.13. The zero-order valence-electron chi connectivity index (χ0n) is 11.3. The number of hydrogen-bond donors (Lipinski definition) is 1. The largest absolute Gasteiger partial charge is 0.324 e. The highest BCUT2D eigenvalue weighted by molar-refractivity contribution is 5.46. The second-order valence-electron chi connectivity index (χ2n) is 4.92. The summed E-state index contributed by atoms with van der Waals surface area (Å²) in [5.41, 5.74) is 1.92. The third-order valence-corrected chi connectivity index (χ3v) is 3.23. The number of hydroxylamine groups is 2. The molecule has 3 rings (SSSR count). The molecular formula is C11H17N7O. The van der Waals surface area contributed by atoms with Gasteiger partial charge in [-0.3, -0.25) is 0 Å². The Balaban J connectivity index is 2.03. The molecule has 0 unspecified atom stereocenters. The molecule has 19 heavy (non-hydrogen) atoms. The zero-order valence-corrected chi connectivity index (χ0v) is 11.3. The first-order valence-corrected chi connectivity index (χ1v) is 6.42. The average molecular weight is 263 g/mol. The van der Waals surface area contributed by atoms with Crippen LogP contribution in [0, 0.1) is 0 Å². The van der Waals surface area contributed by atoms with E-state index in [2.05, 4.69) is 20.4 Å². The minimum atomic E-state index is 0.172. The van der Waals surface area contributed by atoms with Crippen LogP contribution in [0.3, 0.4) is 0 Å². The standard InChI is InChI=1S/C11H17N7O/c1-4-17-9-6-16(19)5-8(9)12-11(17)10-13-15-18(14-10)7(2)3/h7,19H,4-6H2,1-3H3. The van der Waals surface area contributed by atoms with Gasteiger partial charge in [-0.05, 0) is 26.0 Å². The van der Waals surface area contributed by atoms with Gasteiger partial charge in [0.25, 0.3) is 0 Å². The van der Waals surface area contributed by atoms with Gasteiger partial charge in [0, 0.05) is 6.54 Å². The van der Waals surface area contributed by atoms with Gasteiger partial charge in [-0.2, -0.15) is 9.86 Å². The van der Waals surface area contributed by atoms with Crippen LogP contribution in [0.1, 0.15) is 38.2 Å². The van der Waals surface area contributed by atoms with Crippen molar-refractivity contribution in [3.63, 3.8) is 0 Å². The third-order valence-electron chi connectivity index (χ3n) is 3.23. The first-order valence-electron chi connectivity index (χ1n) is 6.42. The van der Waals surface area contributed by atoms with Crippen molar-refractivity contribution < 1.29 is 5.21 Å². The minimum Gasteiger partial charge on any atom is -0.324 e. The number of imidazole rings is 1. The number of fused-ring (bicyclic) bond motifs is 1. The van der Waals surface area contributed by atoms with E-state index in [0.717, 1.165) is 23.8 Å². The van der Waals surface area contributed by atoms with Gasteiger partial charge in [0.15, 0.2) is 5.82 Å². The predicted octanol–water partition coefficient (Wildman–Crippen LogP) is 0.842. The molecule has 0 saturated heterocycles. The zero-order chi connectivity index (χ0) is 13.6. The molecular weight excluding hydrogens is 246 g/mol. The maximum absolute atomic E-state index is 9.53. The highest BCUT2D eigenvalue weighted by Gasteiger charge is 2.27. The fourth-order valence-electron chi connectivity index (χ4n) is 2.29. The maximum atomic E-state index is 9.53. The number of nitrogens with zero attached hydrogens (tertiary/aromatic N) is 7. The summed E-state index contributed by atoms with van der Waals surface area (Å²) in [5.74, 6) is 1.27. The van der Waals surface area contributed by atoms with Gasteiger partial charge in [0.05, 0.1) is 30.5 Å². The van der Waals surface area contributed by atoms with Crippen molar-refractivity contribution in [3.05, 3.63) is 11.4 Å². The van der Waals surface area contributed by atoms with Gasteiger partial charge in [0.1, 0.15) is 0 Å². The molecule has 8 nitrogen and oxygen atoms in total.